The fourth-order valence-electron chi connectivity index (χ4n) is 18.0. The fraction of sp³-hybridized carbons (Fsp3) is 0.0192. The Bertz CT molecular complexity index is 6670. The predicted molar refractivity (Wildman–Crippen MR) is 448 cm³/mol. The van der Waals surface area contributed by atoms with Gasteiger partial charge in [-0.15, -0.1) is 0 Å². The first-order chi connectivity index (χ1) is 55.5. The minimum atomic E-state index is -0.547. The molecule has 16 aromatic carbocycles. The number of ether oxygens (including phenoxy) is 2. The van der Waals surface area contributed by atoms with Crippen LogP contribution in [-0.2, 0) is 10.8 Å². The molecule has 22 rings (SSSR count). The summed E-state index contributed by atoms with van der Waals surface area (Å²) in [4.78, 5) is 31.7. The lowest BCUT2D eigenvalue weighted by molar-refractivity contribution is 0.436. The normalized spacial score (nSPS) is 13.1. The van der Waals surface area contributed by atoms with Gasteiger partial charge < -0.3 is 9.47 Å². The fourth-order valence-corrected chi connectivity index (χ4v) is 18.0. The number of benzene rings is 16. The van der Waals surface area contributed by atoms with Crippen molar-refractivity contribution >= 4 is 0 Å². The van der Waals surface area contributed by atoms with Crippen LogP contribution < -0.4 is 9.47 Å². The highest BCUT2D eigenvalue weighted by Crippen LogP contribution is 2.64. The molecular weight excluding hydrogens is 1370 g/mol. The van der Waals surface area contributed by atoms with Gasteiger partial charge in [0.2, 0.25) is 0 Å². The van der Waals surface area contributed by atoms with Crippen LogP contribution in [0, 0.1) is 0 Å². The average molecular weight is 1430 g/mol. The summed E-state index contributed by atoms with van der Waals surface area (Å²) >= 11 is 0. The molecule has 18 aromatic rings. The molecule has 0 saturated carbocycles. The van der Waals surface area contributed by atoms with Crippen LogP contribution in [0.25, 0.3) is 146 Å². The van der Waals surface area contributed by atoms with Crippen molar-refractivity contribution in [2.75, 3.05) is 0 Å². The number of rotatable bonds is 11. The van der Waals surface area contributed by atoms with Crippen LogP contribution in [0.2, 0.25) is 0 Å². The lowest BCUT2D eigenvalue weighted by atomic mass is 9.66. The Labute approximate surface area is 648 Å². The molecule has 112 heavy (non-hydrogen) atoms. The van der Waals surface area contributed by atoms with Crippen LogP contribution in [-0.4, -0.2) is 29.9 Å². The highest BCUT2D eigenvalue weighted by Gasteiger charge is 2.53. The van der Waals surface area contributed by atoms with Crippen molar-refractivity contribution < 1.29 is 9.47 Å². The third-order valence-corrected chi connectivity index (χ3v) is 23.0. The molecule has 0 radical (unpaired) electrons. The van der Waals surface area contributed by atoms with Crippen LogP contribution in [0.1, 0.15) is 44.5 Å². The van der Waals surface area contributed by atoms with Crippen LogP contribution in [0.4, 0.5) is 0 Å². The maximum atomic E-state index is 6.97. The molecule has 0 atom stereocenters. The van der Waals surface area contributed by atoms with E-state index in [1.807, 2.05) is 91.0 Å². The minimum absolute atomic E-state index is 0.542. The maximum absolute atomic E-state index is 6.97. The smallest absolute Gasteiger partial charge is 0.164 e. The molecule has 4 heterocycles. The zero-order chi connectivity index (χ0) is 73.9. The molecule has 0 N–H and O–H groups in total. The summed E-state index contributed by atoms with van der Waals surface area (Å²) in [5.74, 6) is 6.76. The highest BCUT2D eigenvalue weighted by molar-refractivity contribution is 5.94. The molecule has 8 heteroatoms. The number of hydrogen-bond donors (Lipinski definition) is 0. The van der Waals surface area contributed by atoms with Gasteiger partial charge in [0.25, 0.3) is 0 Å². The van der Waals surface area contributed by atoms with Crippen LogP contribution >= 0.6 is 0 Å². The van der Waals surface area contributed by atoms with Crippen molar-refractivity contribution in [3.05, 3.63) is 433 Å². The third kappa shape index (κ3) is 10.2. The van der Waals surface area contributed by atoms with Crippen LogP contribution in [0.3, 0.4) is 0 Å². The molecule has 0 saturated heterocycles. The van der Waals surface area contributed by atoms with E-state index in [1.54, 1.807) is 0 Å². The van der Waals surface area contributed by atoms with E-state index in [0.717, 1.165) is 134 Å². The average Bonchev–Trinajstić information content (AvgIpc) is 1.45. The van der Waals surface area contributed by atoms with Gasteiger partial charge in [-0.1, -0.05) is 352 Å². The van der Waals surface area contributed by atoms with Gasteiger partial charge >= 0.3 is 0 Å². The molecule has 2 aliphatic heterocycles. The third-order valence-electron chi connectivity index (χ3n) is 23.0. The van der Waals surface area contributed by atoms with Gasteiger partial charge in [0.1, 0.15) is 23.0 Å². The standard InChI is InChI=1S/C104H64N6O2/c1-4-25-68(26-5-1)97-105-100(71-53-51-66(52-54-71)77-33-10-11-34-78(77)75-57-60-92-96(64-75)112-94-46-23-21-44-90(94)104(92)87-41-18-14-37-82(87)83-38-15-19-42-88(83)104)108-101(107-97)76-32-24-31-72(61-76)73-55-58-79(84(62-73)102-109-98(69-27-6-2-7-28-69)106-99(110-102)70-29-8-3-9-30-70)67-49-47-65(48-50-67)74-56-59-91-95(63-74)111-93-45-22-20-43-89(93)103(91)85-39-16-12-35-80(85)81-36-13-17-40-86(81)103/h1-64H. The number of fused-ring (bicyclic) bond motifs is 18. The highest BCUT2D eigenvalue weighted by atomic mass is 16.5. The van der Waals surface area contributed by atoms with E-state index in [-0.39, 0.29) is 0 Å². The Morgan fingerprint density at radius 3 is 0.884 bits per heavy atom. The lowest BCUT2D eigenvalue weighted by Crippen LogP contribution is -2.32. The van der Waals surface area contributed by atoms with Gasteiger partial charge in [0, 0.05) is 55.6 Å². The largest absolute Gasteiger partial charge is 0.457 e. The van der Waals surface area contributed by atoms with Crippen molar-refractivity contribution in [1.82, 2.24) is 29.9 Å². The summed E-state index contributed by atoms with van der Waals surface area (Å²) in [6, 6.07) is 138. The molecule has 2 aromatic heterocycles. The minimum Gasteiger partial charge on any atom is -0.457 e. The summed E-state index contributed by atoms with van der Waals surface area (Å²) in [6.45, 7) is 0. The van der Waals surface area contributed by atoms with Gasteiger partial charge in [-0.2, -0.15) is 0 Å². The van der Waals surface area contributed by atoms with Crippen molar-refractivity contribution in [3.63, 3.8) is 0 Å². The maximum Gasteiger partial charge on any atom is 0.164 e. The topological polar surface area (TPSA) is 95.8 Å². The number of para-hydroxylation sites is 2. The van der Waals surface area contributed by atoms with Crippen molar-refractivity contribution in [2.45, 2.75) is 10.8 Å². The van der Waals surface area contributed by atoms with Gasteiger partial charge in [-0.05, 0) is 137 Å². The molecule has 0 amide bonds. The second kappa shape index (κ2) is 25.9. The molecule has 522 valence electrons. The predicted octanol–water partition coefficient (Wildman–Crippen LogP) is 25.3. The summed E-state index contributed by atoms with van der Waals surface area (Å²) < 4.78 is 13.9. The SMILES string of the molecule is c1ccc(-c2nc(-c3ccc(-c4ccccc4-c4ccc5c(c4)Oc4ccccc4C54c5ccccc5-c5ccccc54)cc3)nc(-c3cccc(-c4ccc(-c5ccc(-c6ccc7c(c6)Oc6ccccc6C76c7ccccc7-c7ccccc76)cc5)c(-c5nc(-c6ccccc6)nc(-c6ccccc6)n5)c4)c3)n2)cc1. The molecular formula is C104H64N6O2. The van der Waals surface area contributed by atoms with Crippen LogP contribution in [0.15, 0.2) is 388 Å². The van der Waals surface area contributed by atoms with E-state index in [0.29, 0.717) is 34.9 Å². The Kier molecular flexibility index (Phi) is 14.9. The van der Waals surface area contributed by atoms with Gasteiger partial charge in [0.15, 0.2) is 34.9 Å². The molecule has 0 unspecified atom stereocenters. The Morgan fingerprint density at radius 1 is 0.143 bits per heavy atom. The second-order valence-corrected chi connectivity index (χ2v) is 29.1. The number of nitrogens with zero attached hydrogens (tertiary/aromatic N) is 6. The summed E-state index contributed by atoms with van der Waals surface area (Å²) in [7, 11) is 0. The number of hydrogen-bond acceptors (Lipinski definition) is 8. The molecule has 2 aliphatic carbocycles. The first-order valence-electron chi connectivity index (χ1n) is 38.0. The lowest BCUT2D eigenvalue weighted by Gasteiger charge is -2.39. The molecule has 0 fully saturated rings. The Morgan fingerprint density at radius 2 is 0.420 bits per heavy atom. The summed E-state index contributed by atoms with van der Waals surface area (Å²) in [6.07, 6.45) is 0. The van der Waals surface area contributed by atoms with Crippen LogP contribution in [0.5, 0.6) is 23.0 Å². The van der Waals surface area contributed by atoms with Gasteiger partial charge in [-0.3, -0.25) is 0 Å². The van der Waals surface area contributed by atoms with Crippen molar-refractivity contribution in [1.29, 1.82) is 0 Å². The van der Waals surface area contributed by atoms with Gasteiger partial charge in [-0.25, -0.2) is 29.9 Å². The zero-order valence-corrected chi connectivity index (χ0v) is 60.5. The van der Waals surface area contributed by atoms with E-state index in [2.05, 4.69) is 297 Å². The Hall–Kier alpha value is -14.9. The van der Waals surface area contributed by atoms with Crippen molar-refractivity contribution in [3.8, 4) is 169 Å². The first kappa shape index (κ1) is 64.3. The Balaban J connectivity index is 0.621. The van der Waals surface area contributed by atoms with Crippen molar-refractivity contribution in [2.24, 2.45) is 0 Å². The molecule has 8 nitrogen and oxygen atoms in total. The van der Waals surface area contributed by atoms with E-state index in [4.69, 9.17) is 39.4 Å². The zero-order valence-electron chi connectivity index (χ0n) is 60.5. The van der Waals surface area contributed by atoms with E-state index in [9.17, 15) is 0 Å². The quantitative estimate of drug-likeness (QED) is 0.126. The number of aromatic nitrogens is 6. The monoisotopic (exact) mass is 1430 g/mol. The van der Waals surface area contributed by atoms with E-state index >= 15 is 0 Å². The summed E-state index contributed by atoms with van der Waals surface area (Å²) in [5, 5.41) is 0. The van der Waals surface area contributed by atoms with E-state index < -0.39 is 10.8 Å². The molecule has 0 bridgehead atoms. The molecule has 2 spiro atoms. The van der Waals surface area contributed by atoms with E-state index in [1.165, 1.54) is 44.5 Å². The second-order valence-electron chi connectivity index (χ2n) is 29.1. The summed E-state index contributed by atoms with van der Waals surface area (Å²) in [5.41, 5.74) is 29.0. The molecule has 4 aliphatic rings. The first-order valence-corrected chi connectivity index (χ1v) is 38.0. The van der Waals surface area contributed by atoms with Gasteiger partial charge in [0.05, 0.1) is 10.8 Å².